The van der Waals surface area contributed by atoms with Gasteiger partial charge in [0.15, 0.2) is 5.16 Å². The Balaban J connectivity index is 1.73. The summed E-state index contributed by atoms with van der Waals surface area (Å²) >= 11 is 2.97. The van der Waals surface area contributed by atoms with Gasteiger partial charge in [-0.15, -0.1) is 11.3 Å². The van der Waals surface area contributed by atoms with E-state index in [2.05, 4.69) is 17.4 Å². The number of aromatic nitrogens is 2. The number of hydrogen-bond donors (Lipinski definition) is 1. The summed E-state index contributed by atoms with van der Waals surface area (Å²) in [7, 11) is 1.62. The first kappa shape index (κ1) is 18.3. The van der Waals surface area contributed by atoms with Crippen molar-refractivity contribution in [3.05, 3.63) is 56.7 Å². The molecule has 0 atom stereocenters. The van der Waals surface area contributed by atoms with E-state index in [4.69, 9.17) is 4.98 Å². The molecule has 3 aromatic rings. The minimum absolute atomic E-state index is 0.0368. The van der Waals surface area contributed by atoms with Crippen LogP contribution in [0.2, 0.25) is 0 Å². The van der Waals surface area contributed by atoms with Gasteiger partial charge in [0, 0.05) is 18.5 Å². The molecule has 0 bridgehead atoms. The Hall–Kier alpha value is -2.12. The van der Waals surface area contributed by atoms with Crippen molar-refractivity contribution >= 4 is 39.2 Å². The Kier molecular flexibility index (Phi) is 5.31. The number of thioether (sulfide) groups is 1. The number of benzene rings is 1. The molecule has 2 aromatic heterocycles. The van der Waals surface area contributed by atoms with E-state index in [0.29, 0.717) is 11.7 Å². The fraction of sp³-hybridized carbons (Fsp3) is 0.350. The van der Waals surface area contributed by atoms with Gasteiger partial charge in [-0.2, -0.15) is 0 Å². The third-order valence-electron chi connectivity index (χ3n) is 4.87. The molecule has 0 aliphatic heterocycles. The van der Waals surface area contributed by atoms with Crippen LogP contribution in [-0.2, 0) is 30.6 Å². The maximum atomic E-state index is 13.3. The zero-order chi connectivity index (χ0) is 18.8. The molecule has 1 N–H and O–H groups in total. The Bertz CT molecular complexity index is 1040. The van der Waals surface area contributed by atoms with Crippen LogP contribution in [0.1, 0.15) is 22.4 Å². The molecule has 1 aliphatic carbocycles. The Morgan fingerprint density at radius 3 is 2.89 bits per heavy atom. The Morgan fingerprint density at radius 2 is 2.11 bits per heavy atom. The summed E-state index contributed by atoms with van der Waals surface area (Å²) in [5.41, 5.74) is 2.42. The topological polar surface area (TPSA) is 64.0 Å². The van der Waals surface area contributed by atoms with Crippen LogP contribution in [0.5, 0.6) is 0 Å². The highest BCUT2D eigenvalue weighted by molar-refractivity contribution is 7.99. The SMILES string of the molecule is CNC(=O)CSc1nc2sc3c(c2c(=O)n1CCc1ccccc1)CCC3. The van der Waals surface area contributed by atoms with Crippen molar-refractivity contribution in [2.24, 2.45) is 0 Å². The van der Waals surface area contributed by atoms with E-state index in [1.165, 1.54) is 27.8 Å². The summed E-state index contributed by atoms with van der Waals surface area (Å²) < 4.78 is 1.76. The minimum Gasteiger partial charge on any atom is -0.358 e. The number of thiophene rings is 1. The number of fused-ring (bicyclic) bond motifs is 3. The lowest BCUT2D eigenvalue weighted by Crippen LogP contribution is -2.26. The first-order valence-corrected chi connectivity index (χ1v) is 10.9. The summed E-state index contributed by atoms with van der Waals surface area (Å²) in [6.07, 6.45) is 3.89. The fourth-order valence-electron chi connectivity index (χ4n) is 3.45. The van der Waals surface area contributed by atoms with Gasteiger partial charge < -0.3 is 5.32 Å². The molecule has 7 heteroatoms. The number of carbonyl (C=O) groups is 1. The number of carbonyl (C=O) groups excluding carboxylic acids is 1. The molecule has 0 fully saturated rings. The number of nitrogens with one attached hydrogen (secondary N) is 1. The van der Waals surface area contributed by atoms with Crippen LogP contribution in [0.3, 0.4) is 0 Å². The molecular formula is C20H21N3O2S2. The van der Waals surface area contributed by atoms with Gasteiger partial charge >= 0.3 is 0 Å². The van der Waals surface area contributed by atoms with Gasteiger partial charge in [0.2, 0.25) is 5.91 Å². The Morgan fingerprint density at radius 1 is 1.30 bits per heavy atom. The van der Waals surface area contributed by atoms with Crippen LogP contribution in [0, 0.1) is 0 Å². The summed E-state index contributed by atoms with van der Waals surface area (Å²) in [5, 5.41) is 4.05. The van der Waals surface area contributed by atoms with Crippen molar-refractivity contribution in [1.29, 1.82) is 0 Å². The lowest BCUT2D eigenvalue weighted by molar-refractivity contribution is -0.118. The maximum absolute atomic E-state index is 13.3. The summed E-state index contributed by atoms with van der Waals surface area (Å²) in [6.45, 7) is 0.562. The molecular weight excluding hydrogens is 378 g/mol. The second-order valence-corrected chi connectivity index (χ2v) is 8.61. The fourth-order valence-corrected chi connectivity index (χ4v) is 5.65. The second kappa shape index (κ2) is 7.86. The zero-order valence-corrected chi connectivity index (χ0v) is 16.8. The minimum atomic E-state index is -0.0716. The van der Waals surface area contributed by atoms with Crippen LogP contribution >= 0.6 is 23.1 Å². The van der Waals surface area contributed by atoms with E-state index in [1.54, 1.807) is 23.0 Å². The van der Waals surface area contributed by atoms with Gasteiger partial charge in [0.25, 0.3) is 5.56 Å². The van der Waals surface area contributed by atoms with Gasteiger partial charge in [-0.3, -0.25) is 14.2 Å². The van der Waals surface area contributed by atoms with Crippen LogP contribution < -0.4 is 10.9 Å². The van der Waals surface area contributed by atoms with Crippen LogP contribution in [0.25, 0.3) is 10.2 Å². The highest BCUT2D eigenvalue weighted by Gasteiger charge is 2.23. The van der Waals surface area contributed by atoms with Crippen LogP contribution in [0.4, 0.5) is 0 Å². The summed E-state index contributed by atoms with van der Waals surface area (Å²) in [5.74, 6) is 0.183. The van der Waals surface area contributed by atoms with E-state index in [9.17, 15) is 9.59 Å². The smallest absolute Gasteiger partial charge is 0.263 e. The van der Waals surface area contributed by atoms with Gasteiger partial charge in [0.05, 0.1) is 11.1 Å². The lowest BCUT2D eigenvalue weighted by atomic mass is 10.1. The standard InChI is InChI=1S/C20H21N3O2S2/c1-21-16(24)12-26-20-22-18-17(14-8-5-9-15(14)27-18)19(25)23(20)11-10-13-6-3-2-4-7-13/h2-4,6-7H,5,8-12H2,1H3,(H,21,24). The normalized spacial score (nSPS) is 13.1. The van der Waals surface area contributed by atoms with Gasteiger partial charge in [0.1, 0.15) is 4.83 Å². The number of amides is 1. The van der Waals surface area contributed by atoms with Crippen LogP contribution in [0.15, 0.2) is 40.3 Å². The van der Waals surface area contributed by atoms with Crippen LogP contribution in [-0.4, -0.2) is 28.3 Å². The van der Waals surface area contributed by atoms with Crippen molar-refractivity contribution in [3.8, 4) is 0 Å². The van der Waals surface area contributed by atoms with Gasteiger partial charge in [-0.25, -0.2) is 4.98 Å². The quantitative estimate of drug-likeness (QED) is 0.511. The molecule has 27 heavy (non-hydrogen) atoms. The van der Waals surface area contributed by atoms with E-state index in [1.807, 2.05) is 18.2 Å². The average Bonchev–Trinajstić information content (AvgIpc) is 3.27. The number of aryl methyl sites for hydroxylation is 3. The Labute approximate surface area is 165 Å². The zero-order valence-electron chi connectivity index (χ0n) is 15.2. The summed E-state index contributed by atoms with van der Waals surface area (Å²) in [6, 6.07) is 10.1. The molecule has 1 amide bonds. The van der Waals surface area contributed by atoms with Crippen molar-refractivity contribution in [2.45, 2.75) is 37.4 Å². The summed E-state index contributed by atoms with van der Waals surface area (Å²) in [4.78, 5) is 31.9. The van der Waals surface area contributed by atoms with Crippen molar-refractivity contribution in [1.82, 2.24) is 14.9 Å². The third-order valence-corrected chi connectivity index (χ3v) is 7.03. The monoisotopic (exact) mass is 399 g/mol. The van der Waals surface area contributed by atoms with Crippen molar-refractivity contribution in [3.63, 3.8) is 0 Å². The highest BCUT2D eigenvalue weighted by atomic mass is 32.2. The number of hydrogen-bond acceptors (Lipinski definition) is 5. The molecule has 0 radical (unpaired) electrons. The molecule has 0 unspecified atom stereocenters. The molecule has 0 saturated carbocycles. The first-order valence-electron chi connectivity index (χ1n) is 9.09. The van der Waals surface area contributed by atoms with Gasteiger partial charge in [-0.05, 0) is 36.8 Å². The maximum Gasteiger partial charge on any atom is 0.263 e. The lowest BCUT2D eigenvalue weighted by Gasteiger charge is -2.12. The highest BCUT2D eigenvalue weighted by Crippen LogP contribution is 2.35. The predicted octanol–water partition coefficient (Wildman–Crippen LogP) is 3.03. The van der Waals surface area contributed by atoms with Gasteiger partial charge in [-0.1, -0.05) is 42.1 Å². The molecule has 0 saturated heterocycles. The van der Waals surface area contributed by atoms with E-state index < -0.39 is 0 Å². The molecule has 4 rings (SSSR count). The molecule has 0 spiro atoms. The molecule has 1 aliphatic rings. The van der Waals surface area contributed by atoms with Crippen molar-refractivity contribution in [2.75, 3.05) is 12.8 Å². The molecule has 1 aromatic carbocycles. The average molecular weight is 400 g/mol. The molecule has 2 heterocycles. The molecule has 5 nitrogen and oxygen atoms in total. The third kappa shape index (κ3) is 3.66. The van der Waals surface area contributed by atoms with Crippen molar-refractivity contribution < 1.29 is 4.79 Å². The van der Waals surface area contributed by atoms with E-state index in [0.717, 1.165) is 35.9 Å². The number of rotatable bonds is 6. The number of nitrogens with zero attached hydrogens (tertiary/aromatic N) is 2. The largest absolute Gasteiger partial charge is 0.358 e. The van der Waals surface area contributed by atoms with E-state index in [-0.39, 0.29) is 17.2 Å². The first-order chi connectivity index (χ1) is 13.2. The second-order valence-electron chi connectivity index (χ2n) is 6.59. The van der Waals surface area contributed by atoms with E-state index >= 15 is 0 Å². The predicted molar refractivity (Wildman–Crippen MR) is 111 cm³/mol. The molecule has 140 valence electrons.